The van der Waals surface area contributed by atoms with Gasteiger partial charge >= 0.3 is 0 Å². The largest absolute Gasteiger partial charge is 0.386 e. The molecule has 12 heavy (non-hydrogen) atoms. The summed E-state index contributed by atoms with van der Waals surface area (Å²) in [6.07, 6.45) is -0.699. The molecule has 1 rings (SSSR count). The highest BCUT2D eigenvalue weighted by atomic mass is 32.2. The summed E-state index contributed by atoms with van der Waals surface area (Å²) < 4.78 is 22.8. The van der Waals surface area contributed by atoms with Crippen LogP contribution in [0.4, 0.5) is 0 Å². The van der Waals surface area contributed by atoms with Gasteiger partial charge in [-0.3, -0.25) is 0 Å². The molecular weight excluding hydrogens is 178 g/mol. The third-order valence-corrected chi connectivity index (χ3v) is 3.99. The van der Waals surface area contributed by atoms with Gasteiger partial charge in [-0.05, 0) is 0 Å². The Morgan fingerprint density at radius 1 is 1.25 bits per heavy atom. The van der Waals surface area contributed by atoms with E-state index in [1.807, 2.05) is 21.1 Å². The zero-order valence-electron chi connectivity index (χ0n) is 7.69. The Balaban J connectivity index is 2.85. The number of nitrogens with zero attached hydrogens (tertiary/aromatic N) is 1. The van der Waals surface area contributed by atoms with Crippen molar-refractivity contribution in [1.29, 1.82) is 0 Å². The van der Waals surface area contributed by atoms with Crippen LogP contribution in [0.25, 0.3) is 0 Å². The highest BCUT2D eigenvalue weighted by Gasteiger charge is 2.44. The zero-order valence-corrected chi connectivity index (χ0v) is 8.50. The zero-order chi connectivity index (χ0) is 9.57. The number of rotatable bonds is 1. The van der Waals surface area contributed by atoms with Gasteiger partial charge in [-0.15, -0.1) is 0 Å². The average molecular weight is 194 g/mol. The van der Waals surface area contributed by atoms with Gasteiger partial charge in [0.1, 0.15) is 17.9 Å². The third kappa shape index (κ3) is 1.97. The number of aliphatic hydroxyl groups excluding tert-OH is 1. The molecule has 0 radical (unpaired) electrons. The summed E-state index contributed by atoms with van der Waals surface area (Å²) in [7, 11) is 2.70. The van der Waals surface area contributed by atoms with Gasteiger partial charge in [-0.2, -0.15) is 0 Å². The van der Waals surface area contributed by atoms with Crippen LogP contribution in [0.1, 0.15) is 0 Å². The fourth-order valence-corrected chi connectivity index (χ4v) is 3.62. The smallest absolute Gasteiger partial charge is 0.159 e. The van der Waals surface area contributed by atoms with E-state index in [-0.39, 0.29) is 17.5 Å². The molecule has 5 heteroatoms. The molecule has 0 bridgehead atoms. The van der Waals surface area contributed by atoms with Crippen LogP contribution >= 0.6 is 0 Å². The van der Waals surface area contributed by atoms with Crippen LogP contribution in [0.5, 0.6) is 0 Å². The number of quaternary nitrogens is 1. The van der Waals surface area contributed by atoms with Crippen LogP contribution in [-0.4, -0.2) is 62.8 Å². The van der Waals surface area contributed by atoms with Crippen LogP contribution in [0.15, 0.2) is 0 Å². The molecule has 1 fully saturated rings. The lowest BCUT2D eigenvalue weighted by Gasteiger charge is -2.32. The van der Waals surface area contributed by atoms with Crippen LogP contribution in [-0.2, 0) is 9.84 Å². The second-order valence-corrected chi connectivity index (χ2v) is 6.48. The first-order valence-corrected chi connectivity index (χ1v) is 5.74. The lowest BCUT2D eigenvalue weighted by atomic mass is 10.2. The Hall–Kier alpha value is -0.130. The highest BCUT2D eigenvalue weighted by Crippen LogP contribution is 2.19. The summed E-state index contributed by atoms with van der Waals surface area (Å²) in [4.78, 5) is 0. The van der Waals surface area contributed by atoms with Crippen molar-refractivity contribution in [1.82, 2.24) is 0 Å². The Morgan fingerprint density at radius 2 is 1.75 bits per heavy atom. The molecule has 1 aliphatic heterocycles. The summed E-state index contributed by atoms with van der Waals surface area (Å²) >= 11 is 0. The maximum Gasteiger partial charge on any atom is 0.159 e. The molecule has 0 aromatic heterocycles. The van der Waals surface area contributed by atoms with Gasteiger partial charge in [-0.1, -0.05) is 0 Å². The van der Waals surface area contributed by atoms with Crippen LogP contribution in [0, 0.1) is 0 Å². The van der Waals surface area contributed by atoms with Gasteiger partial charge in [0.2, 0.25) is 0 Å². The molecule has 4 nitrogen and oxygen atoms in total. The topological polar surface area (TPSA) is 54.4 Å². The first-order valence-electron chi connectivity index (χ1n) is 3.92. The molecule has 0 amide bonds. The maximum atomic E-state index is 11.1. The Bertz CT molecular complexity index is 265. The van der Waals surface area contributed by atoms with Gasteiger partial charge in [-0.25, -0.2) is 8.42 Å². The summed E-state index contributed by atoms with van der Waals surface area (Å²) in [6, 6.07) is -0.171. The Morgan fingerprint density at radius 3 is 1.92 bits per heavy atom. The lowest BCUT2D eigenvalue weighted by molar-refractivity contribution is -0.896. The quantitative estimate of drug-likeness (QED) is 0.536. The summed E-state index contributed by atoms with van der Waals surface area (Å²) in [5.41, 5.74) is 0. The van der Waals surface area contributed by atoms with Crippen molar-refractivity contribution in [3.63, 3.8) is 0 Å². The average Bonchev–Trinajstić information content (AvgIpc) is 2.03. The van der Waals surface area contributed by atoms with Crippen molar-refractivity contribution < 1.29 is 18.0 Å². The van der Waals surface area contributed by atoms with Crippen molar-refractivity contribution in [2.45, 2.75) is 12.1 Å². The summed E-state index contributed by atoms with van der Waals surface area (Å²) in [5.74, 6) is 0.0326. The van der Waals surface area contributed by atoms with Crippen LogP contribution in [0.3, 0.4) is 0 Å². The standard InChI is InChI=1S/C7H16NO3S/c1-8(2,3)6-4-12(10,11)5-7(6)9/h6-7,9H,4-5H2,1-3H3/q+1/t6-,7-/m0/s1. The molecule has 1 N–H and O–H groups in total. The minimum Gasteiger partial charge on any atom is -0.386 e. The molecule has 0 aromatic carbocycles. The molecule has 72 valence electrons. The van der Waals surface area contributed by atoms with E-state index in [1.54, 1.807) is 0 Å². The fourth-order valence-electron chi connectivity index (χ4n) is 1.55. The van der Waals surface area contributed by atoms with E-state index >= 15 is 0 Å². The number of likely N-dealkylation sites (N-methyl/N-ethyl adjacent to an activating group) is 1. The van der Waals surface area contributed by atoms with Crippen molar-refractivity contribution in [2.24, 2.45) is 0 Å². The molecule has 0 unspecified atom stereocenters. The molecule has 0 saturated carbocycles. The van der Waals surface area contributed by atoms with Crippen molar-refractivity contribution in [3.8, 4) is 0 Å². The minimum atomic E-state index is -2.99. The van der Waals surface area contributed by atoms with E-state index in [0.29, 0.717) is 4.48 Å². The number of sulfone groups is 1. The molecule has 0 aliphatic carbocycles. The van der Waals surface area contributed by atoms with E-state index in [9.17, 15) is 13.5 Å². The second-order valence-electron chi connectivity index (χ2n) is 4.33. The summed E-state index contributed by atoms with van der Waals surface area (Å²) in [5, 5.41) is 9.47. The minimum absolute atomic E-state index is 0.0762. The molecule has 1 aliphatic rings. The molecule has 1 heterocycles. The second kappa shape index (κ2) is 2.68. The van der Waals surface area contributed by atoms with E-state index in [0.717, 1.165) is 0 Å². The summed E-state index contributed by atoms with van der Waals surface area (Å²) in [6.45, 7) is 0. The molecule has 2 atom stereocenters. The SMILES string of the molecule is C[N+](C)(C)[C@H]1CS(=O)(=O)C[C@@H]1O. The molecule has 0 spiro atoms. The van der Waals surface area contributed by atoms with Gasteiger partial charge in [0.25, 0.3) is 0 Å². The van der Waals surface area contributed by atoms with E-state index in [1.165, 1.54) is 0 Å². The number of hydrogen-bond acceptors (Lipinski definition) is 3. The van der Waals surface area contributed by atoms with Gasteiger partial charge in [0.15, 0.2) is 9.84 Å². The van der Waals surface area contributed by atoms with Crippen molar-refractivity contribution >= 4 is 9.84 Å². The lowest BCUT2D eigenvalue weighted by Crippen LogP contribution is -2.51. The number of aliphatic hydroxyl groups is 1. The van der Waals surface area contributed by atoms with Crippen LogP contribution < -0.4 is 0 Å². The number of hydrogen-bond donors (Lipinski definition) is 1. The van der Waals surface area contributed by atoms with E-state index < -0.39 is 15.9 Å². The first-order chi connectivity index (χ1) is 5.22. The van der Waals surface area contributed by atoms with Crippen molar-refractivity contribution in [3.05, 3.63) is 0 Å². The van der Waals surface area contributed by atoms with Gasteiger partial charge in [0, 0.05) is 0 Å². The van der Waals surface area contributed by atoms with Crippen molar-refractivity contribution in [2.75, 3.05) is 32.6 Å². The molecule has 0 aromatic rings. The van der Waals surface area contributed by atoms with E-state index in [4.69, 9.17) is 0 Å². The van der Waals surface area contributed by atoms with E-state index in [2.05, 4.69) is 0 Å². The Labute approximate surface area is 73.3 Å². The maximum absolute atomic E-state index is 11.1. The van der Waals surface area contributed by atoms with Gasteiger partial charge < -0.3 is 9.59 Å². The fraction of sp³-hybridized carbons (Fsp3) is 1.00. The molecular formula is C7H16NO3S+. The predicted octanol–water partition coefficient (Wildman–Crippen LogP) is -1.15. The Kier molecular flexibility index (Phi) is 2.22. The normalized spacial score (nSPS) is 35.3. The highest BCUT2D eigenvalue weighted by molar-refractivity contribution is 7.91. The third-order valence-electron chi connectivity index (χ3n) is 2.29. The predicted molar refractivity (Wildman–Crippen MR) is 46.5 cm³/mol. The first kappa shape index (κ1) is 9.95. The molecule has 1 saturated heterocycles. The monoisotopic (exact) mass is 194 g/mol. The van der Waals surface area contributed by atoms with Gasteiger partial charge in [0.05, 0.1) is 26.9 Å². The van der Waals surface area contributed by atoms with Crippen LogP contribution in [0.2, 0.25) is 0 Å².